The summed E-state index contributed by atoms with van der Waals surface area (Å²) in [5.41, 5.74) is 0. The molecular formula is C10H22N2O5S. The van der Waals surface area contributed by atoms with Gasteiger partial charge in [-0.3, -0.25) is 4.79 Å². The van der Waals surface area contributed by atoms with Crippen molar-refractivity contribution in [3.05, 3.63) is 0 Å². The molecule has 0 aliphatic carbocycles. The second-order valence-corrected chi connectivity index (χ2v) is 5.80. The first-order chi connectivity index (χ1) is 8.37. The van der Waals surface area contributed by atoms with Crippen LogP contribution in [-0.4, -0.2) is 67.5 Å². The minimum atomic E-state index is -3.46. The van der Waals surface area contributed by atoms with E-state index < -0.39 is 22.0 Å². The molecule has 0 radical (unpaired) electrons. The topological polar surface area (TPSA) is 107 Å². The van der Waals surface area contributed by atoms with Crippen molar-refractivity contribution >= 4 is 15.9 Å². The zero-order valence-electron chi connectivity index (χ0n) is 10.8. The first-order valence-corrected chi connectivity index (χ1v) is 7.53. The molecule has 0 aromatic heterocycles. The van der Waals surface area contributed by atoms with E-state index in [1.54, 1.807) is 6.92 Å². The highest BCUT2D eigenvalue weighted by atomic mass is 32.2. The van der Waals surface area contributed by atoms with Gasteiger partial charge in [-0.15, -0.1) is 0 Å². The molecule has 0 saturated carbocycles. The van der Waals surface area contributed by atoms with Crippen molar-refractivity contribution in [3.8, 4) is 0 Å². The lowest BCUT2D eigenvalue weighted by Crippen LogP contribution is -2.48. The van der Waals surface area contributed by atoms with Crippen LogP contribution in [0.3, 0.4) is 0 Å². The Kier molecular flexibility index (Phi) is 8.08. The standard InChI is InChI=1S/C10H22N2O5S/c1-3-8-18(16,17)11-9(2)10(15)12(4-6-13)5-7-14/h9,11,13-14H,3-8H2,1-2H3. The average molecular weight is 282 g/mol. The molecule has 0 heterocycles. The minimum Gasteiger partial charge on any atom is -0.395 e. The van der Waals surface area contributed by atoms with E-state index in [9.17, 15) is 13.2 Å². The first kappa shape index (κ1) is 17.3. The molecule has 0 aromatic rings. The quantitative estimate of drug-likeness (QED) is 0.478. The molecule has 1 atom stereocenters. The van der Waals surface area contributed by atoms with Gasteiger partial charge in [-0.1, -0.05) is 6.92 Å². The number of nitrogens with one attached hydrogen (secondary N) is 1. The Labute approximate surface area is 108 Å². The molecule has 0 aliphatic rings. The van der Waals surface area contributed by atoms with E-state index in [2.05, 4.69) is 4.72 Å². The van der Waals surface area contributed by atoms with Crippen LogP contribution in [0.25, 0.3) is 0 Å². The summed E-state index contributed by atoms with van der Waals surface area (Å²) in [6, 6.07) is -0.903. The second-order valence-electron chi connectivity index (χ2n) is 3.93. The largest absolute Gasteiger partial charge is 0.395 e. The highest BCUT2D eigenvalue weighted by Crippen LogP contribution is 1.98. The fraction of sp³-hybridized carbons (Fsp3) is 0.900. The number of amides is 1. The van der Waals surface area contributed by atoms with Gasteiger partial charge in [0.2, 0.25) is 15.9 Å². The van der Waals surface area contributed by atoms with E-state index in [1.165, 1.54) is 11.8 Å². The van der Waals surface area contributed by atoms with Crippen molar-refractivity contribution in [1.29, 1.82) is 0 Å². The van der Waals surface area contributed by atoms with Crippen LogP contribution < -0.4 is 4.72 Å². The van der Waals surface area contributed by atoms with Gasteiger partial charge < -0.3 is 15.1 Å². The number of hydrogen-bond acceptors (Lipinski definition) is 5. The fourth-order valence-electron chi connectivity index (χ4n) is 1.49. The lowest BCUT2D eigenvalue weighted by Gasteiger charge is -2.24. The molecule has 7 nitrogen and oxygen atoms in total. The zero-order chi connectivity index (χ0) is 14.2. The number of aliphatic hydroxyl groups excluding tert-OH is 2. The molecule has 0 rings (SSSR count). The molecule has 3 N–H and O–H groups in total. The molecule has 0 saturated heterocycles. The number of sulfonamides is 1. The van der Waals surface area contributed by atoms with E-state index in [-0.39, 0.29) is 32.1 Å². The van der Waals surface area contributed by atoms with Crippen molar-refractivity contribution in [2.24, 2.45) is 0 Å². The van der Waals surface area contributed by atoms with Crippen LogP contribution in [0.2, 0.25) is 0 Å². The maximum atomic E-state index is 11.9. The Morgan fingerprint density at radius 2 is 1.78 bits per heavy atom. The van der Waals surface area contributed by atoms with Crippen molar-refractivity contribution in [2.45, 2.75) is 26.3 Å². The Hall–Kier alpha value is -0.700. The number of carbonyl (C=O) groups is 1. The molecule has 0 aromatic carbocycles. The summed E-state index contributed by atoms with van der Waals surface area (Å²) in [5, 5.41) is 17.6. The molecule has 1 unspecified atom stereocenters. The Balaban J connectivity index is 4.56. The smallest absolute Gasteiger partial charge is 0.240 e. The first-order valence-electron chi connectivity index (χ1n) is 5.88. The number of rotatable bonds is 9. The van der Waals surface area contributed by atoms with Crippen LogP contribution in [0, 0.1) is 0 Å². The monoisotopic (exact) mass is 282 g/mol. The van der Waals surface area contributed by atoms with Gasteiger partial charge in [0, 0.05) is 13.1 Å². The summed E-state index contributed by atoms with van der Waals surface area (Å²) in [6.45, 7) is 2.84. The third kappa shape index (κ3) is 6.29. The molecule has 0 spiro atoms. The minimum absolute atomic E-state index is 0.0371. The van der Waals surface area contributed by atoms with Crippen molar-refractivity contribution in [3.63, 3.8) is 0 Å². The summed E-state index contributed by atoms with van der Waals surface area (Å²) < 4.78 is 25.3. The SMILES string of the molecule is CCCS(=O)(=O)NC(C)C(=O)N(CCO)CCO. The molecule has 108 valence electrons. The van der Waals surface area contributed by atoms with Crippen LogP contribution in [0.1, 0.15) is 20.3 Å². The molecule has 0 fully saturated rings. The average Bonchev–Trinajstić information content (AvgIpc) is 2.27. The molecule has 0 bridgehead atoms. The van der Waals surface area contributed by atoms with E-state index >= 15 is 0 Å². The second kappa shape index (κ2) is 8.41. The lowest BCUT2D eigenvalue weighted by atomic mass is 10.3. The van der Waals surface area contributed by atoms with Gasteiger partial charge in [-0.05, 0) is 13.3 Å². The summed E-state index contributed by atoms with van der Waals surface area (Å²) in [5.74, 6) is -0.497. The molecule has 0 aliphatic heterocycles. The van der Waals surface area contributed by atoms with E-state index in [1.807, 2.05) is 0 Å². The van der Waals surface area contributed by atoms with Gasteiger partial charge in [0.25, 0.3) is 0 Å². The van der Waals surface area contributed by atoms with Gasteiger partial charge in [0.15, 0.2) is 0 Å². The fourth-order valence-corrected chi connectivity index (χ4v) is 2.79. The van der Waals surface area contributed by atoms with Gasteiger partial charge in [-0.2, -0.15) is 0 Å². The molecule has 18 heavy (non-hydrogen) atoms. The summed E-state index contributed by atoms with van der Waals surface area (Å²) in [4.78, 5) is 13.1. The van der Waals surface area contributed by atoms with Crippen molar-refractivity contribution in [1.82, 2.24) is 9.62 Å². The molecule has 8 heteroatoms. The van der Waals surface area contributed by atoms with Crippen LogP contribution in [-0.2, 0) is 14.8 Å². The predicted octanol–water partition coefficient (Wildman–Crippen LogP) is -1.48. The van der Waals surface area contributed by atoms with Gasteiger partial charge in [0.1, 0.15) is 0 Å². The van der Waals surface area contributed by atoms with Crippen LogP contribution in [0.15, 0.2) is 0 Å². The number of nitrogens with zero attached hydrogens (tertiary/aromatic N) is 1. The van der Waals surface area contributed by atoms with Gasteiger partial charge in [-0.25, -0.2) is 13.1 Å². The van der Waals surface area contributed by atoms with E-state index in [4.69, 9.17) is 10.2 Å². The van der Waals surface area contributed by atoms with Crippen LogP contribution in [0.4, 0.5) is 0 Å². The predicted molar refractivity (Wildman–Crippen MR) is 67.4 cm³/mol. The number of hydrogen-bond donors (Lipinski definition) is 3. The summed E-state index contributed by atoms with van der Waals surface area (Å²) in [6.07, 6.45) is 0.466. The Bertz CT molecular complexity index is 338. The molecular weight excluding hydrogens is 260 g/mol. The van der Waals surface area contributed by atoms with Crippen molar-refractivity contribution in [2.75, 3.05) is 32.1 Å². The highest BCUT2D eigenvalue weighted by Gasteiger charge is 2.23. The zero-order valence-corrected chi connectivity index (χ0v) is 11.6. The van der Waals surface area contributed by atoms with Gasteiger partial charge in [0.05, 0.1) is 25.0 Å². The van der Waals surface area contributed by atoms with Gasteiger partial charge >= 0.3 is 0 Å². The van der Waals surface area contributed by atoms with Crippen LogP contribution in [0.5, 0.6) is 0 Å². The van der Waals surface area contributed by atoms with Crippen molar-refractivity contribution < 1.29 is 23.4 Å². The van der Waals surface area contributed by atoms with E-state index in [0.717, 1.165) is 0 Å². The maximum absolute atomic E-state index is 11.9. The highest BCUT2D eigenvalue weighted by molar-refractivity contribution is 7.89. The third-order valence-corrected chi connectivity index (χ3v) is 3.91. The van der Waals surface area contributed by atoms with Crippen LogP contribution >= 0.6 is 0 Å². The maximum Gasteiger partial charge on any atom is 0.240 e. The van der Waals surface area contributed by atoms with E-state index in [0.29, 0.717) is 6.42 Å². The lowest BCUT2D eigenvalue weighted by molar-refractivity contribution is -0.133. The normalized spacial score (nSPS) is 13.3. The Morgan fingerprint density at radius 1 is 1.28 bits per heavy atom. The number of carbonyl (C=O) groups excluding carboxylic acids is 1. The summed E-state index contributed by atoms with van der Waals surface area (Å²) >= 11 is 0. The number of aliphatic hydroxyl groups is 2. The summed E-state index contributed by atoms with van der Waals surface area (Å²) in [7, 11) is -3.46. The molecule has 1 amide bonds. The Morgan fingerprint density at radius 3 is 2.17 bits per heavy atom. The third-order valence-electron chi connectivity index (χ3n) is 2.25.